The Kier molecular flexibility index (Phi) is 5.20. The number of benzene rings is 1. The summed E-state index contributed by atoms with van der Waals surface area (Å²) in [5, 5.41) is 7.02. The largest absolute Gasteiger partial charge is 0.338 e. The molecule has 0 unspecified atom stereocenters. The number of para-hydroxylation sites is 1. The predicted octanol–water partition coefficient (Wildman–Crippen LogP) is 2.98. The molecule has 1 aliphatic heterocycles. The average molecular weight is 363 g/mol. The zero-order valence-corrected chi connectivity index (χ0v) is 14.9. The van der Waals surface area contributed by atoms with Gasteiger partial charge in [-0.25, -0.2) is 0 Å². The Hall–Kier alpha value is -3.06. The minimum absolute atomic E-state index is 0.0371. The summed E-state index contributed by atoms with van der Waals surface area (Å²) in [6.07, 6.45) is 5.07. The van der Waals surface area contributed by atoms with Crippen molar-refractivity contribution >= 4 is 11.6 Å². The fraction of sp³-hybridized carbons (Fsp3) is 0.300. The third-order valence-electron chi connectivity index (χ3n) is 4.75. The van der Waals surface area contributed by atoms with E-state index in [4.69, 9.17) is 4.52 Å². The summed E-state index contributed by atoms with van der Waals surface area (Å²) in [6, 6.07) is 13.3. The number of hydrogen-bond donors (Lipinski definition) is 1. The quantitative estimate of drug-likeness (QED) is 0.750. The van der Waals surface area contributed by atoms with Crippen molar-refractivity contribution < 1.29 is 9.32 Å². The van der Waals surface area contributed by atoms with E-state index in [9.17, 15) is 4.79 Å². The highest BCUT2D eigenvalue weighted by Gasteiger charge is 2.26. The van der Waals surface area contributed by atoms with E-state index in [1.54, 1.807) is 12.4 Å². The number of likely N-dealkylation sites (tertiary alicyclic amines) is 1. The van der Waals surface area contributed by atoms with Gasteiger partial charge in [0.25, 0.3) is 0 Å². The molecule has 27 heavy (non-hydrogen) atoms. The van der Waals surface area contributed by atoms with Crippen molar-refractivity contribution in [2.24, 2.45) is 5.92 Å². The average Bonchev–Trinajstić information content (AvgIpc) is 3.18. The van der Waals surface area contributed by atoms with Crippen molar-refractivity contribution in [2.45, 2.75) is 19.4 Å². The lowest BCUT2D eigenvalue weighted by atomic mass is 9.96. The number of anilines is 1. The highest BCUT2D eigenvalue weighted by molar-refractivity contribution is 5.92. The molecule has 0 radical (unpaired) electrons. The van der Waals surface area contributed by atoms with Crippen LogP contribution in [0.4, 0.5) is 5.69 Å². The van der Waals surface area contributed by atoms with Crippen LogP contribution in [0.3, 0.4) is 0 Å². The van der Waals surface area contributed by atoms with Gasteiger partial charge in [0.05, 0.1) is 6.54 Å². The molecule has 1 amide bonds. The van der Waals surface area contributed by atoms with Crippen molar-refractivity contribution in [3.63, 3.8) is 0 Å². The summed E-state index contributed by atoms with van der Waals surface area (Å²) in [6.45, 7) is 2.26. The minimum atomic E-state index is 0.0371. The van der Waals surface area contributed by atoms with Gasteiger partial charge in [0.15, 0.2) is 0 Å². The second-order valence-corrected chi connectivity index (χ2v) is 6.66. The molecule has 4 rings (SSSR count). The van der Waals surface area contributed by atoms with E-state index in [0.29, 0.717) is 18.3 Å². The van der Waals surface area contributed by atoms with Crippen molar-refractivity contribution in [1.82, 2.24) is 20.0 Å². The van der Waals surface area contributed by atoms with E-state index >= 15 is 0 Å². The van der Waals surface area contributed by atoms with E-state index in [1.165, 1.54) is 0 Å². The second kappa shape index (κ2) is 8.09. The van der Waals surface area contributed by atoms with Crippen molar-refractivity contribution in [1.29, 1.82) is 0 Å². The maximum atomic E-state index is 12.4. The number of aromatic nitrogens is 3. The van der Waals surface area contributed by atoms with Gasteiger partial charge in [-0.1, -0.05) is 23.4 Å². The van der Waals surface area contributed by atoms with Gasteiger partial charge in [0.1, 0.15) is 0 Å². The molecule has 0 spiro atoms. The van der Waals surface area contributed by atoms with Crippen LogP contribution in [-0.2, 0) is 11.3 Å². The normalized spacial score (nSPS) is 15.6. The third-order valence-corrected chi connectivity index (χ3v) is 4.75. The van der Waals surface area contributed by atoms with E-state index in [-0.39, 0.29) is 11.8 Å². The summed E-state index contributed by atoms with van der Waals surface area (Å²) >= 11 is 0. The number of pyridine rings is 1. The molecule has 138 valence electrons. The Morgan fingerprint density at radius 1 is 1.15 bits per heavy atom. The summed E-state index contributed by atoms with van der Waals surface area (Å²) in [5.41, 5.74) is 1.68. The predicted molar refractivity (Wildman–Crippen MR) is 101 cm³/mol. The van der Waals surface area contributed by atoms with Gasteiger partial charge in [-0.15, -0.1) is 0 Å². The van der Waals surface area contributed by atoms with Gasteiger partial charge in [-0.3, -0.25) is 14.7 Å². The topological polar surface area (TPSA) is 84.2 Å². The van der Waals surface area contributed by atoms with Crippen LogP contribution in [0.25, 0.3) is 11.4 Å². The molecule has 3 aromatic rings. The Morgan fingerprint density at radius 3 is 2.70 bits per heavy atom. The van der Waals surface area contributed by atoms with E-state index in [1.807, 2.05) is 42.5 Å². The van der Waals surface area contributed by atoms with Gasteiger partial charge in [-0.05, 0) is 50.2 Å². The van der Waals surface area contributed by atoms with Gasteiger partial charge in [-0.2, -0.15) is 4.98 Å². The zero-order chi connectivity index (χ0) is 18.5. The number of carbonyl (C=O) groups is 1. The molecule has 1 N–H and O–H groups in total. The highest BCUT2D eigenvalue weighted by Crippen LogP contribution is 2.21. The molecule has 3 heterocycles. The van der Waals surface area contributed by atoms with Crippen LogP contribution >= 0.6 is 0 Å². The standard InChI is InChI=1S/C20H21N5O2/c26-20(22-17-6-2-1-3-7-17)15-8-11-25(12-9-15)14-18-23-19(24-27-18)16-5-4-10-21-13-16/h1-7,10,13,15H,8-9,11-12,14H2,(H,22,26). The molecule has 1 aliphatic rings. The summed E-state index contributed by atoms with van der Waals surface area (Å²) < 4.78 is 5.37. The van der Waals surface area contributed by atoms with E-state index < -0.39 is 0 Å². The Labute approximate surface area is 157 Å². The molecule has 7 heteroatoms. The Balaban J connectivity index is 1.28. The minimum Gasteiger partial charge on any atom is -0.338 e. The first-order valence-electron chi connectivity index (χ1n) is 9.09. The molecule has 1 aromatic carbocycles. The number of nitrogens with one attached hydrogen (secondary N) is 1. The first-order chi connectivity index (χ1) is 13.3. The number of nitrogens with zero attached hydrogens (tertiary/aromatic N) is 4. The van der Waals surface area contributed by atoms with Crippen LogP contribution in [0.15, 0.2) is 59.4 Å². The Morgan fingerprint density at radius 2 is 1.96 bits per heavy atom. The molecule has 0 aliphatic carbocycles. The maximum absolute atomic E-state index is 12.4. The van der Waals surface area contributed by atoms with Crippen LogP contribution in [-0.4, -0.2) is 39.0 Å². The maximum Gasteiger partial charge on any atom is 0.241 e. The van der Waals surface area contributed by atoms with Crippen LogP contribution in [0.2, 0.25) is 0 Å². The SMILES string of the molecule is O=C(Nc1ccccc1)C1CCN(Cc2nc(-c3cccnc3)no2)CC1. The molecule has 0 saturated carbocycles. The molecular formula is C20H21N5O2. The molecule has 2 aromatic heterocycles. The third kappa shape index (κ3) is 4.38. The van der Waals surface area contributed by atoms with Crippen molar-refractivity contribution in [3.05, 3.63) is 60.7 Å². The van der Waals surface area contributed by atoms with Crippen LogP contribution in [0.1, 0.15) is 18.7 Å². The van der Waals surface area contributed by atoms with Gasteiger partial charge >= 0.3 is 0 Å². The summed E-state index contributed by atoms with van der Waals surface area (Å²) in [4.78, 5) is 23.2. The first-order valence-corrected chi connectivity index (χ1v) is 9.09. The van der Waals surface area contributed by atoms with Crippen LogP contribution in [0.5, 0.6) is 0 Å². The van der Waals surface area contributed by atoms with Gasteiger partial charge in [0.2, 0.25) is 17.6 Å². The summed E-state index contributed by atoms with van der Waals surface area (Å²) in [5.74, 6) is 1.27. The fourth-order valence-corrected chi connectivity index (χ4v) is 3.24. The van der Waals surface area contributed by atoms with E-state index in [2.05, 4.69) is 25.3 Å². The van der Waals surface area contributed by atoms with Gasteiger partial charge < -0.3 is 9.84 Å². The number of hydrogen-bond acceptors (Lipinski definition) is 6. The number of amides is 1. The number of carbonyl (C=O) groups excluding carboxylic acids is 1. The molecule has 1 saturated heterocycles. The smallest absolute Gasteiger partial charge is 0.241 e. The second-order valence-electron chi connectivity index (χ2n) is 6.66. The lowest BCUT2D eigenvalue weighted by molar-refractivity contribution is -0.121. The molecule has 0 atom stereocenters. The number of rotatable bonds is 5. The lowest BCUT2D eigenvalue weighted by Gasteiger charge is -2.30. The molecule has 7 nitrogen and oxygen atoms in total. The van der Waals surface area contributed by atoms with Crippen LogP contribution in [0, 0.1) is 5.92 Å². The lowest BCUT2D eigenvalue weighted by Crippen LogP contribution is -2.37. The monoisotopic (exact) mass is 363 g/mol. The highest BCUT2D eigenvalue weighted by atomic mass is 16.5. The van der Waals surface area contributed by atoms with E-state index in [0.717, 1.165) is 37.2 Å². The Bertz CT molecular complexity index is 874. The fourth-order valence-electron chi connectivity index (χ4n) is 3.24. The van der Waals surface area contributed by atoms with Crippen molar-refractivity contribution in [3.8, 4) is 11.4 Å². The molecule has 1 fully saturated rings. The summed E-state index contributed by atoms with van der Waals surface area (Å²) in [7, 11) is 0. The molecular weight excluding hydrogens is 342 g/mol. The zero-order valence-electron chi connectivity index (χ0n) is 14.9. The number of piperidine rings is 1. The first kappa shape index (κ1) is 17.4. The van der Waals surface area contributed by atoms with Crippen molar-refractivity contribution in [2.75, 3.05) is 18.4 Å². The van der Waals surface area contributed by atoms with Gasteiger partial charge in [0, 0.05) is 29.6 Å². The van der Waals surface area contributed by atoms with Crippen LogP contribution < -0.4 is 5.32 Å². The molecule has 0 bridgehead atoms.